The lowest BCUT2D eigenvalue weighted by Gasteiger charge is -2.24. The highest BCUT2D eigenvalue weighted by Gasteiger charge is 2.26. The van der Waals surface area contributed by atoms with Crippen LogP contribution in [0.15, 0.2) is 67.0 Å². The van der Waals surface area contributed by atoms with Crippen LogP contribution in [0, 0.1) is 0 Å². The van der Waals surface area contributed by atoms with E-state index in [1.165, 1.54) is 24.3 Å². The number of aromatic nitrogens is 2. The third-order valence-corrected chi connectivity index (χ3v) is 8.17. The van der Waals surface area contributed by atoms with Crippen LogP contribution in [0.3, 0.4) is 0 Å². The number of ether oxygens (including phenoxy) is 1. The number of carbonyl (C=O) groups is 3. The van der Waals surface area contributed by atoms with Gasteiger partial charge in [-0.3, -0.25) is 19.6 Å². The molecule has 0 saturated carbocycles. The van der Waals surface area contributed by atoms with Crippen LogP contribution < -0.4 is 15.4 Å². The summed E-state index contributed by atoms with van der Waals surface area (Å²) in [6, 6.07) is 15.0. The number of pyridine rings is 2. The van der Waals surface area contributed by atoms with Crippen LogP contribution in [0.2, 0.25) is 10.0 Å². The van der Waals surface area contributed by atoms with Gasteiger partial charge in [0.15, 0.2) is 0 Å². The van der Waals surface area contributed by atoms with Gasteiger partial charge in [0.1, 0.15) is 11.4 Å². The zero-order valence-corrected chi connectivity index (χ0v) is 25.6. The number of carboxylic acid groups (broad SMARTS) is 1. The van der Waals surface area contributed by atoms with Gasteiger partial charge in [-0.1, -0.05) is 53.5 Å². The quantitative estimate of drug-likeness (QED) is 0.172. The summed E-state index contributed by atoms with van der Waals surface area (Å²) >= 11 is 13.7. The smallest absolute Gasteiger partial charge is 0.407 e. The summed E-state index contributed by atoms with van der Waals surface area (Å²) in [5.41, 5.74) is 3.94. The molecule has 45 heavy (non-hydrogen) atoms. The predicted molar refractivity (Wildman–Crippen MR) is 169 cm³/mol. The molecule has 4 aromatic rings. The Labute approximate surface area is 268 Å². The fraction of sp³-hybridized carbons (Fsp3) is 0.219. The Bertz CT molecular complexity index is 1750. The van der Waals surface area contributed by atoms with Gasteiger partial charge in [-0.2, -0.15) is 0 Å². The molecule has 2 aromatic heterocycles. The normalized spacial score (nSPS) is 14.1. The second-order valence-corrected chi connectivity index (χ2v) is 11.1. The van der Waals surface area contributed by atoms with Gasteiger partial charge in [0.25, 0.3) is 5.91 Å². The number of benzene rings is 2. The van der Waals surface area contributed by atoms with Crippen molar-refractivity contribution in [3.8, 4) is 28.1 Å². The van der Waals surface area contributed by atoms with E-state index in [9.17, 15) is 24.6 Å². The molecule has 0 radical (unpaired) electrons. The molecule has 5 rings (SSSR count). The molecule has 3 amide bonds. The number of nitrogens with one attached hydrogen (secondary N) is 2. The molecular formula is C32H29Cl2N5O6. The second-order valence-electron chi connectivity index (χ2n) is 10.3. The number of carbonyl (C=O) groups excluding carboxylic acids is 2. The van der Waals surface area contributed by atoms with Crippen molar-refractivity contribution >= 4 is 46.8 Å². The van der Waals surface area contributed by atoms with Crippen LogP contribution in [0.4, 0.5) is 10.5 Å². The fourth-order valence-electron chi connectivity index (χ4n) is 5.05. The average molecular weight is 651 g/mol. The van der Waals surface area contributed by atoms with Gasteiger partial charge in [0.2, 0.25) is 5.91 Å². The number of anilines is 1. The number of halogens is 2. The van der Waals surface area contributed by atoms with Gasteiger partial charge in [0.05, 0.1) is 41.7 Å². The number of aliphatic hydroxyl groups excluding tert-OH is 1. The first-order valence-corrected chi connectivity index (χ1v) is 14.7. The lowest BCUT2D eigenvalue weighted by atomic mass is 10.0. The average Bonchev–Trinajstić information content (AvgIpc) is 3.46. The molecule has 232 valence electrons. The fourth-order valence-corrected chi connectivity index (χ4v) is 5.64. The first-order valence-electron chi connectivity index (χ1n) is 13.9. The van der Waals surface area contributed by atoms with Gasteiger partial charge in [-0.15, -0.1) is 0 Å². The maximum atomic E-state index is 12.8. The van der Waals surface area contributed by atoms with Crippen molar-refractivity contribution in [3.63, 3.8) is 0 Å². The van der Waals surface area contributed by atoms with E-state index in [4.69, 9.17) is 27.9 Å². The Balaban J connectivity index is 1.40. The maximum Gasteiger partial charge on any atom is 0.407 e. The van der Waals surface area contributed by atoms with Crippen molar-refractivity contribution in [1.29, 1.82) is 0 Å². The van der Waals surface area contributed by atoms with E-state index in [2.05, 4.69) is 20.6 Å². The largest absolute Gasteiger partial charge is 0.496 e. The lowest BCUT2D eigenvalue weighted by molar-refractivity contribution is -0.119. The summed E-state index contributed by atoms with van der Waals surface area (Å²) in [6.07, 6.45) is 2.87. The molecule has 0 spiro atoms. The van der Waals surface area contributed by atoms with E-state index >= 15 is 0 Å². The maximum absolute atomic E-state index is 12.8. The zero-order chi connectivity index (χ0) is 32.1. The molecule has 2 aromatic carbocycles. The first kappa shape index (κ1) is 31.7. The molecule has 4 N–H and O–H groups in total. The van der Waals surface area contributed by atoms with Crippen molar-refractivity contribution in [2.75, 3.05) is 19.0 Å². The molecule has 3 heterocycles. The first-order chi connectivity index (χ1) is 21.7. The van der Waals surface area contributed by atoms with E-state index in [-0.39, 0.29) is 42.4 Å². The highest BCUT2D eigenvalue weighted by atomic mass is 35.5. The minimum atomic E-state index is -1.11. The van der Waals surface area contributed by atoms with Crippen molar-refractivity contribution in [2.45, 2.75) is 32.0 Å². The van der Waals surface area contributed by atoms with Crippen LogP contribution in [-0.4, -0.2) is 62.7 Å². The molecule has 13 heteroatoms. The standard InChI is InChI=1S/C32H29Cl2N5O6/c1-45-26-13-19(6-7-20(26)15-39(32(43)44)16-21-8-10-27(41)37-21)30-29(34)23(11-12-35-30)22-3-2-4-24(28(22)33)38-31(42)25-9-5-18(17-40)14-36-25/h2-7,9,11-14,21,40H,8,10,15-17H2,1H3,(H,37,41)(H,38,42)(H,43,44)/t21-/m0/s1. The molecule has 0 aliphatic carbocycles. The summed E-state index contributed by atoms with van der Waals surface area (Å²) in [6.45, 7) is 0.0375. The van der Waals surface area contributed by atoms with Crippen molar-refractivity contribution in [1.82, 2.24) is 20.2 Å². The Hall–Kier alpha value is -4.71. The minimum absolute atomic E-state index is 0.0571. The molecule has 1 aliphatic heterocycles. The van der Waals surface area contributed by atoms with E-state index < -0.39 is 12.0 Å². The zero-order valence-electron chi connectivity index (χ0n) is 24.1. The van der Waals surface area contributed by atoms with E-state index in [0.717, 1.165) is 0 Å². The van der Waals surface area contributed by atoms with E-state index in [0.29, 0.717) is 62.8 Å². The highest BCUT2D eigenvalue weighted by Crippen LogP contribution is 2.41. The highest BCUT2D eigenvalue weighted by molar-refractivity contribution is 6.39. The predicted octanol–water partition coefficient (Wildman–Crippen LogP) is 5.63. The van der Waals surface area contributed by atoms with Crippen LogP contribution in [-0.2, 0) is 17.9 Å². The van der Waals surface area contributed by atoms with Gasteiger partial charge >= 0.3 is 6.09 Å². The topological polar surface area (TPSA) is 154 Å². The van der Waals surface area contributed by atoms with Crippen LogP contribution >= 0.6 is 23.2 Å². The Morgan fingerprint density at radius 1 is 1.09 bits per heavy atom. The number of methoxy groups -OCH3 is 1. The Morgan fingerprint density at radius 3 is 2.56 bits per heavy atom. The van der Waals surface area contributed by atoms with Gasteiger partial charge in [-0.05, 0) is 36.2 Å². The summed E-state index contributed by atoms with van der Waals surface area (Å²) in [4.78, 5) is 46.2. The second kappa shape index (κ2) is 13.9. The summed E-state index contributed by atoms with van der Waals surface area (Å²) in [5.74, 6) is -0.110. The monoisotopic (exact) mass is 649 g/mol. The number of hydrogen-bond donors (Lipinski definition) is 4. The summed E-state index contributed by atoms with van der Waals surface area (Å²) in [5, 5.41) is 25.2. The number of nitrogens with zero attached hydrogens (tertiary/aromatic N) is 3. The third-order valence-electron chi connectivity index (χ3n) is 7.38. The van der Waals surface area contributed by atoms with Gasteiger partial charge in [-0.25, -0.2) is 4.79 Å². The van der Waals surface area contributed by atoms with Crippen LogP contribution in [0.5, 0.6) is 5.75 Å². The molecule has 1 aliphatic rings. The number of amides is 3. The minimum Gasteiger partial charge on any atom is -0.496 e. The van der Waals surface area contributed by atoms with E-state index in [1.54, 1.807) is 54.7 Å². The van der Waals surface area contributed by atoms with E-state index in [1.807, 2.05) is 0 Å². The van der Waals surface area contributed by atoms with Crippen LogP contribution in [0.1, 0.15) is 34.5 Å². The van der Waals surface area contributed by atoms with Crippen molar-refractivity contribution < 1.29 is 29.3 Å². The molecule has 1 fully saturated rings. The van der Waals surface area contributed by atoms with Crippen molar-refractivity contribution in [3.05, 3.63) is 93.9 Å². The SMILES string of the molecule is COc1cc(-c2nccc(-c3cccc(NC(=O)c4ccc(CO)cn4)c3Cl)c2Cl)ccc1CN(C[C@@H]1CCC(=O)N1)C(=O)O. The third kappa shape index (κ3) is 7.17. The van der Waals surface area contributed by atoms with Gasteiger partial charge < -0.3 is 30.5 Å². The van der Waals surface area contributed by atoms with Gasteiger partial charge in [0, 0.05) is 53.7 Å². The number of aliphatic hydroxyl groups is 1. The summed E-state index contributed by atoms with van der Waals surface area (Å²) in [7, 11) is 1.49. The molecule has 11 nitrogen and oxygen atoms in total. The summed E-state index contributed by atoms with van der Waals surface area (Å²) < 4.78 is 5.61. The number of hydrogen-bond acceptors (Lipinski definition) is 7. The molecule has 1 atom stereocenters. The number of rotatable bonds is 10. The molecule has 1 saturated heterocycles. The molecule has 0 bridgehead atoms. The Morgan fingerprint density at radius 2 is 1.89 bits per heavy atom. The molecular weight excluding hydrogens is 621 g/mol. The molecule has 0 unspecified atom stereocenters. The van der Waals surface area contributed by atoms with Crippen LogP contribution in [0.25, 0.3) is 22.4 Å². The van der Waals surface area contributed by atoms with Crippen molar-refractivity contribution in [2.24, 2.45) is 0 Å². The lowest BCUT2D eigenvalue weighted by Crippen LogP contribution is -2.41. The Kier molecular flexibility index (Phi) is 9.82.